The van der Waals surface area contributed by atoms with E-state index in [2.05, 4.69) is 180 Å². The van der Waals surface area contributed by atoms with Crippen molar-refractivity contribution in [1.29, 1.82) is 0 Å². The van der Waals surface area contributed by atoms with Gasteiger partial charge in [0.05, 0.1) is 45.5 Å². The van der Waals surface area contributed by atoms with E-state index in [-0.39, 0.29) is 57.0 Å². The number of rotatable bonds is 7. The Morgan fingerprint density at radius 2 is 0.769 bits per heavy atom. The summed E-state index contributed by atoms with van der Waals surface area (Å²) in [6.07, 6.45) is 29.8. The quantitative estimate of drug-likeness (QED) is 0.201. The molecule has 1 radical (unpaired) electrons. The van der Waals surface area contributed by atoms with Crippen LogP contribution in [0.5, 0.6) is 0 Å². The van der Waals surface area contributed by atoms with E-state index in [0.29, 0.717) is 13.2 Å². The van der Waals surface area contributed by atoms with E-state index in [9.17, 15) is 0 Å². The van der Waals surface area contributed by atoms with Crippen LogP contribution in [0.1, 0.15) is 18.4 Å². The predicted molar refractivity (Wildman–Crippen MR) is 243 cm³/mol. The monoisotopic (exact) mass is 921 g/mol. The second-order valence-electron chi connectivity index (χ2n) is 16.9. The average Bonchev–Trinajstić information content (AvgIpc) is 3.55. The van der Waals surface area contributed by atoms with Crippen LogP contribution in [-0.4, -0.2) is 91.8 Å². The number of aryl methyl sites for hydroxylation is 1. The Morgan fingerprint density at radius 1 is 0.500 bits per heavy atom. The maximum Gasteiger partial charge on any atom is 0.0775 e. The van der Waals surface area contributed by atoms with Gasteiger partial charge in [-0.05, 0) is 19.8 Å². The van der Waals surface area contributed by atoms with Gasteiger partial charge in [-0.1, -0.05) is 208 Å². The first-order chi connectivity index (χ1) is 23.2. The molecule has 0 spiro atoms. The van der Waals surface area contributed by atoms with Crippen molar-refractivity contribution in [2.75, 3.05) is 40.6 Å². The van der Waals surface area contributed by atoms with E-state index in [1.807, 2.05) is 18.2 Å². The van der Waals surface area contributed by atoms with Gasteiger partial charge in [0, 0.05) is 84.5 Å². The number of methoxy groups -OCH3 is 2. The van der Waals surface area contributed by atoms with Crippen molar-refractivity contribution in [2.24, 2.45) is 0 Å². The molecule has 3 nitrogen and oxygen atoms in total. The Labute approximate surface area is 368 Å². The summed E-state index contributed by atoms with van der Waals surface area (Å²) < 4.78 is 14.3. The van der Waals surface area contributed by atoms with Crippen molar-refractivity contribution in [1.82, 2.24) is 0 Å². The minimum absolute atomic E-state index is 0. The molecule has 0 aromatic heterocycles. The van der Waals surface area contributed by atoms with E-state index in [4.69, 9.17) is 4.74 Å². The van der Waals surface area contributed by atoms with Gasteiger partial charge in [-0.15, -0.1) is 0 Å². The number of allylic oxidation sites excluding steroid dienone is 16. The molecule has 1 aromatic rings. The zero-order valence-corrected chi connectivity index (χ0v) is 42.1. The second-order valence-corrected chi connectivity index (χ2v) is 37.2. The first-order valence-corrected chi connectivity index (χ1v) is 32.4. The molecule has 291 valence electrons. The topological polar surface area (TPSA) is 27.7 Å². The molecule has 0 N–H and O–H groups in total. The van der Waals surface area contributed by atoms with Crippen molar-refractivity contribution in [3.05, 3.63) is 130 Å². The van der Waals surface area contributed by atoms with Gasteiger partial charge in [-0.25, -0.2) is 0 Å². The number of benzene rings is 1. The molecule has 0 saturated carbocycles. The Kier molecular flexibility index (Phi) is 32.3. The van der Waals surface area contributed by atoms with Gasteiger partial charge >= 0.3 is 0 Å². The summed E-state index contributed by atoms with van der Waals surface area (Å²) in [7, 11) is -1.45. The molecule has 52 heavy (non-hydrogen) atoms. The molecule has 2 aliphatic carbocycles. The third kappa shape index (κ3) is 29.1. The summed E-state index contributed by atoms with van der Waals surface area (Å²) in [5, 5.41) is 6.14. The second kappa shape index (κ2) is 30.0. The molecule has 1 saturated heterocycles. The first-order valence-electron chi connectivity index (χ1n) is 18.4. The van der Waals surface area contributed by atoms with Gasteiger partial charge in [0.15, 0.2) is 0 Å². The van der Waals surface area contributed by atoms with Gasteiger partial charge in [-0.3, -0.25) is 0 Å². The normalized spacial score (nSPS) is 21.8. The van der Waals surface area contributed by atoms with Gasteiger partial charge in [0.2, 0.25) is 0 Å². The van der Waals surface area contributed by atoms with Gasteiger partial charge in [-0.2, -0.15) is 0 Å². The Hall–Kier alpha value is -0.242. The molecule has 0 unspecified atom stereocenters. The van der Waals surface area contributed by atoms with Gasteiger partial charge in [0.1, 0.15) is 0 Å². The maximum atomic E-state index is 4.94. The van der Waals surface area contributed by atoms with E-state index in [0.717, 1.165) is 13.2 Å². The SMILES string of the molecule is C1CCOC1.COCCOC.C[Si](C)(C)C1=C/C=C([Si](C)(C)C)\C=C/C=C\1.C[Si](C)(C)C1=C/C=C([Si](C)(C)C)\C=C/C=C\1.Cc1ccccc1.[Dy].[Li]. The summed E-state index contributed by atoms with van der Waals surface area (Å²) >= 11 is 0. The smallest absolute Gasteiger partial charge is 0.0775 e. The fourth-order valence-corrected chi connectivity index (χ4v) is 9.15. The molecule has 0 atom stereocenters. The Morgan fingerprint density at radius 3 is 0.923 bits per heavy atom. The van der Waals surface area contributed by atoms with Crippen molar-refractivity contribution in [3.63, 3.8) is 0 Å². The number of hydrogen-bond donors (Lipinski definition) is 0. The number of ether oxygens (including phenoxy) is 3. The van der Waals surface area contributed by atoms with Gasteiger partial charge < -0.3 is 14.2 Å². The summed E-state index contributed by atoms with van der Waals surface area (Å²) in [4.78, 5) is 0. The zero-order valence-electron chi connectivity index (χ0n) is 36.1. The molecule has 1 aromatic carbocycles. The molecule has 0 amide bonds. The maximum absolute atomic E-state index is 4.94. The standard InChI is InChI=1S/2C14H24Si2.C7H8.C4H10O2.C4H8O.Dy.Li/c2*1-15(2,3)13-9-7-8-10-14(12-11-13)16(4,5)6;1-7-5-3-2-4-6-7;1-5-3-4-6-2;1-2-4-5-3-1;;/h2*7-12H,1-6H3;2-6H,1H3;3-4H2,1-2H3;1-4H2;;/b2*8-7?,9-7-,10-8-,12-11?,13-9?,13-11+,14-10?,14-12+;;;;;. The third-order valence-electron chi connectivity index (χ3n) is 7.93. The van der Waals surface area contributed by atoms with Crippen molar-refractivity contribution in [2.45, 2.75) is 98.3 Å². The van der Waals surface area contributed by atoms with Crippen LogP contribution < -0.4 is 0 Å². The van der Waals surface area contributed by atoms with Crippen LogP contribution in [-0.2, 0) is 14.2 Å². The Bertz CT molecular complexity index is 1170. The minimum atomic E-state index is -1.19. The molecule has 3 aliphatic rings. The van der Waals surface area contributed by atoms with Crippen LogP contribution in [0.15, 0.2) is 124 Å². The van der Waals surface area contributed by atoms with Crippen LogP contribution in [0.2, 0.25) is 78.6 Å². The Balaban J connectivity index is -0.000000617. The zero-order chi connectivity index (χ0) is 38.3. The summed E-state index contributed by atoms with van der Waals surface area (Å²) in [5.41, 5.74) is 1.32. The van der Waals surface area contributed by atoms with Gasteiger partial charge in [0.25, 0.3) is 0 Å². The molecule has 1 heterocycles. The average molecular weight is 921 g/mol. The predicted octanol–water partition coefficient (Wildman–Crippen LogP) is 12.1. The molecule has 1 aliphatic heterocycles. The molecular formula is C43H74DyLiO3Si4. The van der Waals surface area contributed by atoms with Crippen LogP contribution >= 0.6 is 0 Å². The van der Waals surface area contributed by atoms with Crippen molar-refractivity contribution in [3.8, 4) is 0 Å². The fraction of sp³-hybridized carbons (Fsp3) is 0.488. The van der Waals surface area contributed by atoms with Crippen LogP contribution in [0.25, 0.3) is 0 Å². The van der Waals surface area contributed by atoms with Crippen molar-refractivity contribution >= 4 is 51.2 Å². The summed E-state index contributed by atoms with van der Waals surface area (Å²) in [6.45, 7) is 34.3. The number of hydrogen-bond acceptors (Lipinski definition) is 3. The fourth-order valence-electron chi connectivity index (χ4n) is 4.43. The van der Waals surface area contributed by atoms with Crippen LogP contribution in [0, 0.1) is 45.1 Å². The minimum Gasteiger partial charge on any atom is -0.382 e. The molecule has 4 rings (SSSR count). The van der Waals surface area contributed by atoms with Crippen LogP contribution in [0.4, 0.5) is 0 Å². The third-order valence-corrected chi connectivity index (χ3v) is 16.2. The van der Waals surface area contributed by atoms with Crippen molar-refractivity contribution < 1.29 is 52.4 Å². The summed E-state index contributed by atoms with van der Waals surface area (Å²) in [5.74, 6) is 0. The van der Waals surface area contributed by atoms with E-state index >= 15 is 0 Å². The molecule has 0 bridgehead atoms. The molecular weight excluding hydrogens is 846 g/mol. The first kappa shape index (κ1) is 56.1. The molecule has 1 fully saturated rings. The summed E-state index contributed by atoms with van der Waals surface area (Å²) in [6, 6.07) is 10.3. The van der Waals surface area contributed by atoms with Crippen LogP contribution in [0.3, 0.4) is 0 Å². The van der Waals surface area contributed by atoms with E-state index < -0.39 is 32.3 Å². The van der Waals surface area contributed by atoms with E-state index in [1.165, 1.54) is 39.2 Å². The van der Waals surface area contributed by atoms with E-state index in [1.54, 1.807) is 14.2 Å². The molecule has 9 heteroatoms. The largest absolute Gasteiger partial charge is 0.382 e.